The molecule has 0 saturated heterocycles. The number of phenolic OH excluding ortho intramolecular Hbond substituents is 1. The molecule has 1 aromatic carbocycles. The lowest BCUT2D eigenvalue weighted by atomic mass is 9.97. The van der Waals surface area contributed by atoms with Gasteiger partial charge in [0.05, 0.1) is 0 Å². The lowest BCUT2D eigenvalue weighted by Gasteiger charge is -2.10. The zero-order valence-corrected chi connectivity index (χ0v) is 12.4. The Balaban J connectivity index is 2.47. The van der Waals surface area contributed by atoms with Crippen molar-refractivity contribution in [3.63, 3.8) is 0 Å². The second kappa shape index (κ2) is 8.25. The van der Waals surface area contributed by atoms with Crippen LogP contribution in [-0.4, -0.2) is 10.5 Å². The highest BCUT2D eigenvalue weighted by atomic mass is 32.1. The summed E-state index contributed by atoms with van der Waals surface area (Å²) >= 11 is 5.05. The molecule has 0 fully saturated rings. The number of rotatable bonds is 8. The van der Waals surface area contributed by atoms with Crippen molar-refractivity contribution in [1.82, 2.24) is 0 Å². The number of benzene rings is 1. The van der Waals surface area contributed by atoms with Crippen molar-refractivity contribution < 1.29 is 5.11 Å². The summed E-state index contributed by atoms with van der Waals surface area (Å²) in [6, 6.07) is 3.79. The van der Waals surface area contributed by atoms with Crippen molar-refractivity contribution in [3.8, 4) is 5.75 Å². The van der Waals surface area contributed by atoms with Gasteiger partial charge in [0.1, 0.15) is 5.75 Å². The van der Waals surface area contributed by atoms with Crippen LogP contribution in [0.25, 0.3) is 0 Å². The quantitative estimate of drug-likeness (QED) is 0.529. The molecule has 0 aromatic heterocycles. The van der Waals surface area contributed by atoms with Gasteiger partial charge in [-0.1, -0.05) is 57.3 Å². The third-order valence-electron chi connectivity index (χ3n) is 3.49. The van der Waals surface area contributed by atoms with Gasteiger partial charge in [-0.2, -0.15) is 0 Å². The highest BCUT2D eigenvalue weighted by Crippen LogP contribution is 2.24. The Morgan fingerprint density at radius 1 is 1.11 bits per heavy atom. The van der Waals surface area contributed by atoms with Crippen molar-refractivity contribution in [3.05, 3.63) is 28.8 Å². The molecule has 1 rings (SSSR count). The van der Waals surface area contributed by atoms with E-state index in [1.807, 2.05) is 13.0 Å². The first kappa shape index (κ1) is 15.2. The van der Waals surface area contributed by atoms with E-state index in [0.717, 1.165) is 17.5 Å². The van der Waals surface area contributed by atoms with Gasteiger partial charge in [-0.25, -0.2) is 0 Å². The summed E-state index contributed by atoms with van der Waals surface area (Å²) in [6.45, 7) is 4.17. The fourth-order valence-electron chi connectivity index (χ4n) is 2.25. The predicted octanol–water partition coefficient (Wildman–Crippen LogP) is 4.95. The van der Waals surface area contributed by atoms with Crippen molar-refractivity contribution in [2.45, 2.75) is 58.8 Å². The standard InChI is InChI=1S/C16H24OS/c1-3-4-5-6-7-8-9-14-10-11-16(17)13(2)15(14)12-18/h10-12,17H,3-9H2,1-2H3. The lowest BCUT2D eigenvalue weighted by Crippen LogP contribution is -1.96. The first-order valence-electron chi connectivity index (χ1n) is 6.97. The average molecular weight is 264 g/mol. The molecular formula is C16H24OS. The largest absolute Gasteiger partial charge is 0.508 e. The molecule has 2 heteroatoms. The van der Waals surface area contributed by atoms with Gasteiger partial charge in [-0.3, -0.25) is 0 Å². The molecule has 0 bridgehead atoms. The Bertz CT molecular complexity index is 385. The van der Waals surface area contributed by atoms with Crippen LogP contribution in [0.2, 0.25) is 0 Å². The van der Waals surface area contributed by atoms with E-state index in [1.54, 1.807) is 11.4 Å². The highest BCUT2D eigenvalue weighted by molar-refractivity contribution is 7.79. The van der Waals surface area contributed by atoms with Gasteiger partial charge in [-0.15, -0.1) is 0 Å². The van der Waals surface area contributed by atoms with Crippen LogP contribution in [0.4, 0.5) is 0 Å². The van der Waals surface area contributed by atoms with Gasteiger partial charge >= 0.3 is 0 Å². The van der Waals surface area contributed by atoms with Crippen LogP contribution in [-0.2, 0) is 6.42 Å². The Morgan fingerprint density at radius 2 is 1.78 bits per heavy atom. The van der Waals surface area contributed by atoms with Gasteiger partial charge in [-0.05, 0) is 42.5 Å². The Hall–Kier alpha value is -0.890. The second-order valence-electron chi connectivity index (χ2n) is 4.92. The molecule has 1 N–H and O–H groups in total. The molecule has 18 heavy (non-hydrogen) atoms. The van der Waals surface area contributed by atoms with E-state index in [2.05, 4.69) is 6.92 Å². The molecule has 0 aliphatic heterocycles. The van der Waals surface area contributed by atoms with E-state index < -0.39 is 0 Å². The summed E-state index contributed by atoms with van der Waals surface area (Å²) < 4.78 is 0. The SMILES string of the molecule is CCCCCCCCc1ccc(O)c(C)c1C=S. The Labute approximate surface area is 116 Å². The van der Waals surface area contributed by atoms with Crippen LogP contribution in [0, 0.1) is 6.92 Å². The van der Waals surface area contributed by atoms with Gasteiger partial charge < -0.3 is 5.11 Å². The van der Waals surface area contributed by atoms with E-state index in [9.17, 15) is 5.11 Å². The number of unbranched alkanes of at least 4 members (excludes halogenated alkanes) is 5. The maximum Gasteiger partial charge on any atom is 0.119 e. The number of aryl methyl sites for hydroxylation is 1. The molecular weight excluding hydrogens is 240 g/mol. The molecule has 0 aliphatic rings. The Kier molecular flexibility index (Phi) is 6.96. The fraction of sp³-hybridized carbons (Fsp3) is 0.562. The van der Waals surface area contributed by atoms with Crippen molar-refractivity contribution >= 4 is 17.6 Å². The molecule has 0 unspecified atom stereocenters. The average Bonchev–Trinajstić information content (AvgIpc) is 2.38. The summed E-state index contributed by atoms with van der Waals surface area (Å²) in [5.74, 6) is 0.345. The molecule has 0 aliphatic carbocycles. The maximum atomic E-state index is 9.66. The van der Waals surface area contributed by atoms with E-state index in [1.165, 1.54) is 44.1 Å². The number of thiocarbonyl (C=S) groups is 1. The lowest BCUT2D eigenvalue weighted by molar-refractivity contribution is 0.470. The third kappa shape index (κ3) is 4.41. The molecule has 0 amide bonds. The molecule has 1 aromatic rings. The highest BCUT2D eigenvalue weighted by Gasteiger charge is 2.06. The number of aromatic hydroxyl groups is 1. The molecule has 0 spiro atoms. The van der Waals surface area contributed by atoms with E-state index in [0.29, 0.717) is 5.75 Å². The van der Waals surface area contributed by atoms with E-state index >= 15 is 0 Å². The zero-order valence-electron chi connectivity index (χ0n) is 11.5. The third-order valence-corrected chi connectivity index (χ3v) is 3.73. The van der Waals surface area contributed by atoms with Crippen molar-refractivity contribution in [2.75, 3.05) is 0 Å². The maximum absolute atomic E-state index is 9.66. The molecule has 0 saturated carbocycles. The molecule has 0 radical (unpaired) electrons. The minimum Gasteiger partial charge on any atom is -0.508 e. The van der Waals surface area contributed by atoms with Gasteiger partial charge in [0.2, 0.25) is 0 Å². The number of hydrogen-bond donors (Lipinski definition) is 1. The van der Waals surface area contributed by atoms with Crippen molar-refractivity contribution in [2.24, 2.45) is 0 Å². The second-order valence-corrected chi connectivity index (χ2v) is 5.15. The fourth-order valence-corrected chi connectivity index (χ4v) is 2.58. The number of phenols is 1. The molecule has 0 heterocycles. The summed E-state index contributed by atoms with van der Waals surface area (Å²) in [5, 5.41) is 11.4. The number of hydrogen-bond acceptors (Lipinski definition) is 2. The first-order chi connectivity index (χ1) is 8.70. The van der Waals surface area contributed by atoms with E-state index in [4.69, 9.17) is 12.2 Å². The minimum absolute atomic E-state index is 0.345. The van der Waals surface area contributed by atoms with Crippen LogP contribution in [0.1, 0.15) is 62.1 Å². The molecule has 0 atom stereocenters. The first-order valence-corrected chi connectivity index (χ1v) is 7.44. The zero-order chi connectivity index (χ0) is 13.4. The molecule has 1 nitrogen and oxygen atoms in total. The summed E-state index contributed by atoms with van der Waals surface area (Å²) in [4.78, 5) is 0. The van der Waals surface area contributed by atoms with Crippen LogP contribution in [0.5, 0.6) is 5.75 Å². The van der Waals surface area contributed by atoms with Gasteiger partial charge in [0.15, 0.2) is 0 Å². The van der Waals surface area contributed by atoms with Crippen molar-refractivity contribution in [1.29, 1.82) is 0 Å². The van der Waals surface area contributed by atoms with Crippen LogP contribution >= 0.6 is 12.2 Å². The Morgan fingerprint density at radius 3 is 2.44 bits per heavy atom. The monoisotopic (exact) mass is 264 g/mol. The predicted molar refractivity (Wildman–Crippen MR) is 82.7 cm³/mol. The summed E-state index contributed by atoms with van der Waals surface area (Å²) in [5.41, 5.74) is 3.22. The van der Waals surface area contributed by atoms with E-state index in [-0.39, 0.29) is 0 Å². The summed E-state index contributed by atoms with van der Waals surface area (Å²) in [6.07, 6.45) is 8.90. The summed E-state index contributed by atoms with van der Waals surface area (Å²) in [7, 11) is 0. The smallest absolute Gasteiger partial charge is 0.119 e. The minimum atomic E-state index is 0.345. The molecule has 100 valence electrons. The van der Waals surface area contributed by atoms with Crippen LogP contribution in [0.3, 0.4) is 0 Å². The van der Waals surface area contributed by atoms with Crippen LogP contribution < -0.4 is 0 Å². The van der Waals surface area contributed by atoms with Crippen LogP contribution in [0.15, 0.2) is 12.1 Å². The normalized spacial score (nSPS) is 10.6. The van der Waals surface area contributed by atoms with Gasteiger partial charge in [0, 0.05) is 5.37 Å². The van der Waals surface area contributed by atoms with Gasteiger partial charge in [0.25, 0.3) is 0 Å². The topological polar surface area (TPSA) is 20.2 Å².